The van der Waals surface area contributed by atoms with Crippen molar-refractivity contribution in [2.24, 2.45) is 0 Å². The fraction of sp³-hybridized carbons (Fsp3) is 0.143. The molecule has 0 aliphatic heterocycles. The van der Waals surface area contributed by atoms with Crippen LogP contribution in [-0.2, 0) is 4.74 Å². The van der Waals surface area contributed by atoms with Gasteiger partial charge in [0, 0.05) is 6.20 Å². The van der Waals surface area contributed by atoms with E-state index in [2.05, 4.69) is 15.0 Å². The summed E-state index contributed by atoms with van der Waals surface area (Å²) in [5, 5.41) is 12.7. The number of pyridine rings is 1. The Labute approximate surface area is 78.9 Å². The minimum absolute atomic E-state index is 0.0526. The van der Waals surface area contributed by atoms with Crippen molar-refractivity contribution in [1.29, 1.82) is 0 Å². The Morgan fingerprint density at radius 3 is 3.00 bits per heavy atom. The van der Waals surface area contributed by atoms with Gasteiger partial charge in [0.1, 0.15) is 11.9 Å². The maximum absolute atomic E-state index is 10.8. The molecule has 7 heteroatoms. The lowest BCUT2D eigenvalue weighted by atomic mass is 10.3. The van der Waals surface area contributed by atoms with E-state index < -0.39 is 11.0 Å². The van der Waals surface area contributed by atoms with Crippen LogP contribution in [0.2, 0.25) is 0 Å². The first-order chi connectivity index (χ1) is 6.65. The molecule has 7 nitrogen and oxygen atoms in total. The Balaban J connectivity index is 2.95. The average Bonchev–Trinajstić information content (AvgIpc) is 2.18. The lowest BCUT2D eigenvalue weighted by molar-refractivity contribution is -0.384. The summed E-state index contributed by atoms with van der Waals surface area (Å²) < 4.78 is 4.30. The number of amides is 1. The molecule has 1 aromatic rings. The van der Waals surface area contributed by atoms with Crippen LogP contribution in [0, 0.1) is 10.1 Å². The number of rotatable bonds is 2. The van der Waals surface area contributed by atoms with Crippen LogP contribution in [0.5, 0.6) is 0 Å². The predicted octanol–water partition coefficient (Wildman–Crippen LogP) is 1.17. The zero-order valence-corrected chi connectivity index (χ0v) is 7.26. The van der Waals surface area contributed by atoms with E-state index in [4.69, 9.17) is 0 Å². The van der Waals surface area contributed by atoms with Crippen molar-refractivity contribution in [2.75, 3.05) is 12.4 Å². The Hall–Kier alpha value is -2.18. The number of carbonyl (C=O) groups is 1. The topological polar surface area (TPSA) is 94.4 Å². The van der Waals surface area contributed by atoms with Gasteiger partial charge in [0.25, 0.3) is 0 Å². The Bertz CT molecular complexity index is 366. The Morgan fingerprint density at radius 2 is 2.43 bits per heavy atom. The zero-order chi connectivity index (χ0) is 10.6. The molecule has 0 aromatic carbocycles. The van der Waals surface area contributed by atoms with Crippen molar-refractivity contribution in [1.82, 2.24) is 4.98 Å². The van der Waals surface area contributed by atoms with Gasteiger partial charge in [-0.2, -0.15) is 0 Å². The summed E-state index contributed by atoms with van der Waals surface area (Å²) in [4.78, 5) is 24.2. The van der Waals surface area contributed by atoms with Crippen LogP contribution in [0.25, 0.3) is 0 Å². The largest absolute Gasteiger partial charge is 0.453 e. The molecule has 1 rings (SSSR count). The number of nitrogens with one attached hydrogen (secondary N) is 1. The molecule has 1 aromatic heterocycles. The molecule has 0 bridgehead atoms. The minimum Gasteiger partial charge on any atom is -0.453 e. The van der Waals surface area contributed by atoms with Gasteiger partial charge in [-0.25, -0.2) is 4.79 Å². The third kappa shape index (κ3) is 2.16. The second-order valence-electron chi connectivity index (χ2n) is 2.27. The first-order valence-electron chi connectivity index (χ1n) is 3.58. The second-order valence-corrected chi connectivity index (χ2v) is 2.27. The normalized spacial score (nSPS) is 9.21. The molecule has 1 N–H and O–H groups in total. The van der Waals surface area contributed by atoms with Crippen molar-refractivity contribution >= 4 is 17.5 Å². The molecule has 1 heterocycles. The monoisotopic (exact) mass is 197 g/mol. The van der Waals surface area contributed by atoms with Gasteiger partial charge in [-0.15, -0.1) is 0 Å². The molecule has 0 atom stereocenters. The highest BCUT2D eigenvalue weighted by atomic mass is 16.6. The number of hydrogen-bond donors (Lipinski definition) is 1. The average molecular weight is 197 g/mol. The number of methoxy groups -OCH3 is 1. The van der Waals surface area contributed by atoms with Crippen LogP contribution in [0.1, 0.15) is 0 Å². The van der Waals surface area contributed by atoms with Crippen molar-refractivity contribution in [3.8, 4) is 0 Å². The molecule has 74 valence electrons. The summed E-state index contributed by atoms with van der Waals surface area (Å²) in [6.45, 7) is 0. The molecule has 1 amide bonds. The number of hydrogen-bond acceptors (Lipinski definition) is 5. The zero-order valence-electron chi connectivity index (χ0n) is 7.26. The first-order valence-corrected chi connectivity index (χ1v) is 3.58. The summed E-state index contributed by atoms with van der Waals surface area (Å²) in [7, 11) is 1.17. The minimum atomic E-state index is -0.765. The smallest absolute Gasteiger partial charge is 0.411 e. The van der Waals surface area contributed by atoms with Gasteiger partial charge in [0.05, 0.1) is 12.0 Å². The van der Waals surface area contributed by atoms with Gasteiger partial charge in [-0.1, -0.05) is 0 Å². The van der Waals surface area contributed by atoms with Gasteiger partial charge in [-0.3, -0.25) is 20.4 Å². The third-order valence-corrected chi connectivity index (χ3v) is 1.42. The lowest BCUT2D eigenvalue weighted by Crippen LogP contribution is -2.12. The van der Waals surface area contributed by atoms with Crippen molar-refractivity contribution in [2.45, 2.75) is 0 Å². The summed E-state index contributed by atoms with van der Waals surface area (Å²) in [6, 6.07) is 1.31. The number of carbonyl (C=O) groups excluding carboxylic acids is 1. The summed E-state index contributed by atoms with van der Waals surface area (Å²) in [5.41, 5.74) is -0.227. The fourth-order valence-electron chi connectivity index (χ4n) is 0.798. The van der Waals surface area contributed by atoms with Gasteiger partial charge in [-0.05, 0) is 6.07 Å². The van der Waals surface area contributed by atoms with E-state index >= 15 is 0 Å². The van der Waals surface area contributed by atoms with Crippen LogP contribution < -0.4 is 5.32 Å². The second kappa shape index (κ2) is 4.17. The molecule has 0 radical (unpaired) electrons. The van der Waals surface area contributed by atoms with E-state index in [9.17, 15) is 14.9 Å². The van der Waals surface area contributed by atoms with Gasteiger partial charge in [0.15, 0.2) is 0 Å². The lowest BCUT2D eigenvalue weighted by Gasteiger charge is -2.02. The maximum atomic E-state index is 10.8. The molecule has 14 heavy (non-hydrogen) atoms. The van der Waals surface area contributed by atoms with Crippen molar-refractivity contribution in [3.63, 3.8) is 0 Å². The van der Waals surface area contributed by atoms with E-state index in [1.165, 1.54) is 19.4 Å². The molecule has 0 unspecified atom stereocenters. The summed E-state index contributed by atoms with van der Waals surface area (Å²) in [5.74, 6) is 0. The van der Waals surface area contributed by atoms with E-state index in [-0.39, 0.29) is 11.4 Å². The molecule has 0 saturated carbocycles. The third-order valence-electron chi connectivity index (χ3n) is 1.42. The number of ether oxygens (including phenoxy) is 1. The first kappa shape index (κ1) is 9.90. The van der Waals surface area contributed by atoms with E-state index in [0.717, 1.165) is 6.20 Å². The Morgan fingerprint density at radius 1 is 1.71 bits per heavy atom. The number of nitrogens with zero attached hydrogens (tertiary/aromatic N) is 2. The van der Waals surface area contributed by atoms with Gasteiger partial charge in [0.2, 0.25) is 0 Å². The molecule has 0 spiro atoms. The summed E-state index contributed by atoms with van der Waals surface area (Å²) >= 11 is 0. The van der Waals surface area contributed by atoms with Crippen LogP contribution >= 0.6 is 0 Å². The van der Waals surface area contributed by atoms with Gasteiger partial charge < -0.3 is 4.74 Å². The molecule has 0 saturated heterocycles. The van der Waals surface area contributed by atoms with Gasteiger partial charge >= 0.3 is 11.8 Å². The Kier molecular flexibility index (Phi) is 2.95. The van der Waals surface area contributed by atoms with E-state index in [1.807, 2.05) is 0 Å². The highest BCUT2D eigenvalue weighted by molar-refractivity contribution is 5.87. The molecule has 0 fully saturated rings. The molecular formula is C7H7N3O4. The summed E-state index contributed by atoms with van der Waals surface area (Å²) in [6.07, 6.45) is 1.61. The predicted molar refractivity (Wildman–Crippen MR) is 46.9 cm³/mol. The maximum Gasteiger partial charge on any atom is 0.411 e. The highest BCUT2D eigenvalue weighted by Gasteiger charge is 2.15. The quantitative estimate of drug-likeness (QED) is 0.567. The van der Waals surface area contributed by atoms with E-state index in [1.54, 1.807) is 0 Å². The SMILES string of the molecule is COC(=O)Nc1ccncc1[N+](=O)[O-]. The van der Waals surface area contributed by atoms with E-state index in [0.29, 0.717) is 0 Å². The van der Waals surface area contributed by atoms with Crippen LogP contribution in [0.4, 0.5) is 16.2 Å². The molecule has 0 aliphatic carbocycles. The number of aromatic nitrogens is 1. The number of nitro groups is 1. The molecule has 0 aliphatic rings. The van der Waals surface area contributed by atoms with Crippen molar-refractivity contribution in [3.05, 3.63) is 28.6 Å². The highest BCUT2D eigenvalue weighted by Crippen LogP contribution is 2.21. The molecular weight excluding hydrogens is 190 g/mol. The standard InChI is InChI=1S/C7H7N3O4/c1-14-7(11)9-5-2-3-8-4-6(5)10(12)13/h2-4H,1H3,(H,8,9,11). The van der Waals surface area contributed by atoms with Crippen LogP contribution in [0.15, 0.2) is 18.5 Å². The van der Waals surface area contributed by atoms with Crippen molar-refractivity contribution < 1.29 is 14.5 Å². The van der Waals surface area contributed by atoms with Crippen LogP contribution in [-0.4, -0.2) is 23.1 Å². The fourth-order valence-corrected chi connectivity index (χ4v) is 0.798. The number of anilines is 1. The van der Waals surface area contributed by atoms with Crippen LogP contribution in [0.3, 0.4) is 0 Å².